The minimum Gasteiger partial charge on any atom is -0.480 e. The smallest absolute Gasteiger partial charge is 0.326 e. The highest BCUT2D eigenvalue weighted by Gasteiger charge is 2.43. The molecule has 196 valence electrons. The first-order chi connectivity index (χ1) is 17.7. The minimum atomic E-state index is -3.19. The van der Waals surface area contributed by atoms with E-state index in [1.54, 1.807) is 6.07 Å². The predicted octanol–water partition coefficient (Wildman–Crippen LogP) is 1.64. The van der Waals surface area contributed by atoms with Crippen molar-refractivity contribution in [2.75, 3.05) is 34.6 Å². The highest BCUT2D eigenvalue weighted by molar-refractivity contribution is 7.74. The number of carbonyl (C=O) groups is 2. The first-order valence-electron chi connectivity index (χ1n) is 11.7. The number of amides is 1. The van der Waals surface area contributed by atoms with Crippen LogP contribution >= 0.6 is 11.3 Å². The number of thiol groups is 1. The third-order valence-corrected chi connectivity index (χ3v) is 8.84. The molecule has 2 fully saturated rings. The second kappa shape index (κ2) is 10.1. The molecule has 0 spiro atoms. The van der Waals surface area contributed by atoms with Gasteiger partial charge in [0.25, 0.3) is 0 Å². The van der Waals surface area contributed by atoms with Crippen LogP contribution in [0.4, 0.5) is 20.3 Å². The summed E-state index contributed by atoms with van der Waals surface area (Å²) >= 11 is 1.18. The highest BCUT2D eigenvalue weighted by Crippen LogP contribution is 2.35. The molecule has 0 unspecified atom stereocenters. The average Bonchev–Trinajstić information content (AvgIpc) is 3.61. The van der Waals surface area contributed by atoms with Crippen molar-refractivity contribution in [3.8, 4) is 0 Å². The molecule has 0 saturated carbocycles. The lowest BCUT2D eigenvalue weighted by Gasteiger charge is -2.27. The fraction of sp³-hybridized carbons (Fsp3) is 0.391. The fourth-order valence-electron chi connectivity index (χ4n) is 4.95. The van der Waals surface area contributed by atoms with Crippen molar-refractivity contribution in [1.29, 1.82) is 0 Å². The second-order valence-corrected chi connectivity index (χ2v) is 10.9. The first-order valence-corrected chi connectivity index (χ1v) is 13.7. The molecule has 14 heteroatoms. The van der Waals surface area contributed by atoms with Crippen LogP contribution < -0.4 is 14.9 Å². The van der Waals surface area contributed by atoms with E-state index in [-0.39, 0.29) is 30.8 Å². The van der Waals surface area contributed by atoms with Gasteiger partial charge in [0, 0.05) is 37.6 Å². The maximum atomic E-state index is 14.9. The van der Waals surface area contributed by atoms with Gasteiger partial charge in [0.1, 0.15) is 28.7 Å². The van der Waals surface area contributed by atoms with E-state index in [9.17, 15) is 27.5 Å². The molecular formula is C23H25FN6O5S2. The normalized spacial score (nSPS) is 18.8. The van der Waals surface area contributed by atoms with Gasteiger partial charge < -0.3 is 20.6 Å². The number of carbonyl (C=O) groups excluding carboxylic acids is 1. The number of nitrogen functional groups attached to an aromatic ring is 1. The topological polar surface area (TPSA) is 150 Å². The molecule has 0 aliphatic carbocycles. The summed E-state index contributed by atoms with van der Waals surface area (Å²) in [5.41, 5.74) is 5.91. The predicted molar refractivity (Wildman–Crippen MR) is 138 cm³/mol. The second-order valence-electron chi connectivity index (χ2n) is 9.01. The van der Waals surface area contributed by atoms with Crippen molar-refractivity contribution in [3.63, 3.8) is 0 Å². The van der Waals surface area contributed by atoms with Crippen molar-refractivity contribution < 1.29 is 27.5 Å². The van der Waals surface area contributed by atoms with Crippen LogP contribution in [-0.2, 0) is 26.9 Å². The number of aliphatic carboxylic acids is 1. The van der Waals surface area contributed by atoms with Crippen LogP contribution in [-0.4, -0.2) is 72.0 Å². The number of rotatable bonds is 8. The van der Waals surface area contributed by atoms with Crippen LogP contribution in [0, 0.1) is 5.82 Å². The van der Waals surface area contributed by atoms with E-state index in [2.05, 4.69) is 14.9 Å². The van der Waals surface area contributed by atoms with Crippen molar-refractivity contribution >= 4 is 60.8 Å². The van der Waals surface area contributed by atoms with E-state index in [0.717, 1.165) is 35.1 Å². The van der Waals surface area contributed by atoms with Crippen molar-refractivity contribution in [3.05, 3.63) is 42.0 Å². The lowest BCUT2D eigenvalue weighted by Crippen LogP contribution is -2.48. The van der Waals surface area contributed by atoms with Gasteiger partial charge >= 0.3 is 5.97 Å². The number of carboxylic acid groups (broad SMARTS) is 1. The summed E-state index contributed by atoms with van der Waals surface area (Å²) in [4.78, 5) is 37.0. The van der Waals surface area contributed by atoms with E-state index < -0.39 is 40.7 Å². The molecule has 0 bridgehead atoms. The number of anilines is 3. The highest BCUT2D eigenvalue weighted by atomic mass is 32.2. The van der Waals surface area contributed by atoms with Crippen molar-refractivity contribution in [2.45, 2.75) is 37.8 Å². The number of likely N-dealkylation sites (tertiary alicyclic amines) is 1. The maximum absolute atomic E-state index is 14.9. The van der Waals surface area contributed by atoms with Crippen LogP contribution in [0.15, 0.2) is 30.6 Å². The molecule has 5 rings (SSSR count). The molecule has 0 radical (unpaired) electrons. The van der Waals surface area contributed by atoms with Crippen molar-refractivity contribution in [2.24, 2.45) is 0 Å². The number of halogens is 1. The van der Waals surface area contributed by atoms with Crippen molar-refractivity contribution in [1.82, 2.24) is 14.9 Å². The minimum absolute atomic E-state index is 0.0179. The number of hydrogen-bond donors (Lipinski definition) is 3. The Kier molecular flexibility index (Phi) is 6.86. The quantitative estimate of drug-likeness (QED) is 0.357. The van der Waals surface area contributed by atoms with Crippen LogP contribution in [0.2, 0.25) is 0 Å². The molecule has 4 heterocycles. The molecule has 2 saturated heterocycles. The third kappa shape index (κ3) is 4.78. The molecule has 1 amide bonds. The van der Waals surface area contributed by atoms with Crippen LogP contribution in [0.25, 0.3) is 10.8 Å². The monoisotopic (exact) mass is 548 g/mol. The SMILES string of the molecule is Nc1nccc2cc(C[C@H](C(=O)O)N3CC[C@H](N(c4cnc(N5CCCC5)s4)[SH](=O)=O)C3=O)c(F)cc12. The number of carboxylic acids is 1. The number of nitrogens with two attached hydrogens (primary N) is 1. The summed E-state index contributed by atoms with van der Waals surface area (Å²) in [6.07, 6.45) is 4.77. The summed E-state index contributed by atoms with van der Waals surface area (Å²) in [6, 6.07) is 1.86. The zero-order valence-electron chi connectivity index (χ0n) is 19.6. The average molecular weight is 549 g/mol. The number of benzene rings is 1. The maximum Gasteiger partial charge on any atom is 0.326 e. The molecule has 2 aliphatic rings. The van der Waals surface area contributed by atoms with Crippen LogP contribution in [0.5, 0.6) is 0 Å². The standard InChI is InChI=1S/C23H25FN6O5S2/c24-16-11-15-13(3-5-26-20(15)25)9-14(16)10-18(22(32)33)29-8-4-17(21(29)31)30(37(34)35)19-12-27-23(36-19)28-6-1-2-7-28/h3,5,9,11-12,17-18,37H,1-2,4,6-8,10H2,(H2,25,26)(H,32,33)/t17-,18+/m0/s1. The summed E-state index contributed by atoms with van der Waals surface area (Å²) in [7, 11) is -3.19. The number of pyridine rings is 1. The van der Waals surface area contributed by atoms with Crippen LogP contribution in [0.3, 0.4) is 0 Å². The molecule has 1 aromatic carbocycles. The van der Waals surface area contributed by atoms with Gasteiger partial charge in [-0.15, -0.1) is 0 Å². The van der Waals surface area contributed by atoms with E-state index in [1.165, 1.54) is 35.9 Å². The Morgan fingerprint density at radius 3 is 2.73 bits per heavy atom. The van der Waals surface area contributed by atoms with Gasteiger partial charge in [0.15, 0.2) is 5.13 Å². The fourth-order valence-corrected chi connectivity index (χ4v) is 6.85. The molecule has 37 heavy (non-hydrogen) atoms. The summed E-state index contributed by atoms with van der Waals surface area (Å²) in [5.74, 6) is -2.46. The van der Waals surface area contributed by atoms with Crippen LogP contribution in [0.1, 0.15) is 24.8 Å². The van der Waals surface area contributed by atoms with Gasteiger partial charge in [0.05, 0.1) is 6.20 Å². The Labute approximate surface area is 217 Å². The van der Waals surface area contributed by atoms with Gasteiger partial charge in [-0.1, -0.05) is 11.3 Å². The van der Waals surface area contributed by atoms with Gasteiger partial charge in [-0.05, 0) is 48.4 Å². The summed E-state index contributed by atoms with van der Waals surface area (Å²) in [6.45, 7) is 1.69. The largest absolute Gasteiger partial charge is 0.480 e. The van der Waals surface area contributed by atoms with Gasteiger partial charge in [-0.2, -0.15) is 0 Å². The van der Waals surface area contributed by atoms with Gasteiger partial charge in [0.2, 0.25) is 16.8 Å². The lowest BCUT2D eigenvalue weighted by atomic mass is 10.0. The summed E-state index contributed by atoms with van der Waals surface area (Å²) in [5, 5.41) is 11.9. The number of aromatic nitrogens is 2. The molecule has 11 nitrogen and oxygen atoms in total. The number of nitrogens with zero attached hydrogens (tertiary/aromatic N) is 5. The number of fused-ring (bicyclic) bond motifs is 1. The molecule has 2 aromatic heterocycles. The van der Waals surface area contributed by atoms with Gasteiger partial charge in [-0.25, -0.2) is 31.9 Å². The lowest BCUT2D eigenvalue weighted by molar-refractivity contribution is -0.148. The zero-order valence-corrected chi connectivity index (χ0v) is 21.3. The molecule has 3 N–H and O–H groups in total. The van der Waals surface area contributed by atoms with E-state index in [1.807, 2.05) is 0 Å². The first kappa shape index (κ1) is 25.1. The Morgan fingerprint density at radius 2 is 2.03 bits per heavy atom. The molecule has 2 aliphatic heterocycles. The van der Waals surface area contributed by atoms with Gasteiger partial charge in [-0.3, -0.25) is 4.79 Å². The Bertz CT molecular complexity index is 1430. The number of thiazole rings is 1. The number of hydrogen-bond acceptors (Lipinski definition) is 9. The molecule has 2 atom stereocenters. The Morgan fingerprint density at radius 1 is 1.27 bits per heavy atom. The third-order valence-electron chi connectivity index (χ3n) is 6.80. The Balaban J connectivity index is 1.39. The van der Waals surface area contributed by atoms with E-state index in [4.69, 9.17) is 5.73 Å². The zero-order chi connectivity index (χ0) is 26.3. The summed E-state index contributed by atoms with van der Waals surface area (Å²) < 4.78 is 40.4. The molecular weight excluding hydrogens is 523 g/mol. The van der Waals surface area contributed by atoms with E-state index in [0.29, 0.717) is 20.9 Å². The Hall–Kier alpha value is -3.52. The molecule has 3 aromatic rings. The van der Waals surface area contributed by atoms with E-state index >= 15 is 0 Å².